The highest BCUT2D eigenvalue weighted by atomic mass is 35.5. The van der Waals surface area contributed by atoms with Crippen LogP contribution in [0.3, 0.4) is 0 Å². The number of hydrogen-bond donors (Lipinski definition) is 1. The van der Waals surface area contributed by atoms with Crippen molar-refractivity contribution >= 4 is 23.5 Å². The number of nitrogens with zero attached hydrogens (tertiary/aromatic N) is 3. The zero-order chi connectivity index (χ0) is 17.3. The maximum absolute atomic E-state index is 9.77. The lowest BCUT2D eigenvalue weighted by Crippen LogP contribution is -2.38. The van der Waals surface area contributed by atoms with Crippen LogP contribution < -0.4 is 0 Å². The molecule has 0 bridgehead atoms. The molecular weight excluding hydrogens is 326 g/mol. The van der Waals surface area contributed by atoms with Crippen molar-refractivity contribution in [1.82, 2.24) is 10.1 Å². The molecular formula is C18H20ClN3O2. The Balaban J connectivity index is 2.07. The molecule has 6 heteroatoms. The van der Waals surface area contributed by atoms with E-state index in [0.29, 0.717) is 5.02 Å². The third-order valence-electron chi connectivity index (χ3n) is 4.23. The number of halogens is 1. The molecule has 1 aliphatic rings. The van der Waals surface area contributed by atoms with Gasteiger partial charge in [0.15, 0.2) is 6.17 Å². The van der Waals surface area contributed by atoms with Gasteiger partial charge in [-0.25, -0.2) is 0 Å². The highest BCUT2D eigenvalue weighted by Gasteiger charge is 2.32. The second-order valence-corrected chi connectivity index (χ2v) is 6.34. The summed E-state index contributed by atoms with van der Waals surface area (Å²) in [6, 6.07) is 7.53. The number of aliphatic hydroxyl groups excluding tert-OH is 1. The fraction of sp³-hybridized carbons (Fsp3) is 0.333. The molecule has 2 atom stereocenters. The molecule has 1 N–H and O–H groups in total. The smallest absolute Gasteiger partial charge is 0.152 e. The van der Waals surface area contributed by atoms with Crippen molar-refractivity contribution in [2.45, 2.75) is 33.0 Å². The first-order chi connectivity index (χ1) is 11.5. The number of aliphatic imine (C=N–C) groups is 1. The zero-order valence-electron chi connectivity index (χ0n) is 13.9. The fourth-order valence-corrected chi connectivity index (χ4v) is 3.12. The molecule has 0 fully saturated rings. The summed E-state index contributed by atoms with van der Waals surface area (Å²) in [4.78, 5) is 6.72. The summed E-state index contributed by atoms with van der Waals surface area (Å²) in [5, 5.41) is 14.5. The first-order valence-electron chi connectivity index (χ1n) is 7.84. The van der Waals surface area contributed by atoms with Crippen LogP contribution in [-0.2, 0) is 0 Å². The normalized spacial score (nSPS) is 18.6. The third-order valence-corrected chi connectivity index (χ3v) is 4.48. The summed E-state index contributed by atoms with van der Waals surface area (Å²) in [7, 11) is 0. The van der Waals surface area contributed by atoms with Crippen molar-refractivity contribution in [3.05, 3.63) is 57.9 Å². The van der Waals surface area contributed by atoms with Gasteiger partial charge in [0, 0.05) is 16.9 Å². The Morgan fingerprint density at radius 2 is 2.00 bits per heavy atom. The molecule has 1 aliphatic heterocycles. The monoisotopic (exact) mass is 345 g/mol. The van der Waals surface area contributed by atoms with Crippen LogP contribution >= 0.6 is 11.6 Å². The van der Waals surface area contributed by atoms with Gasteiger partial charge in [-0.2, -0.15) is 0 Å². The predicted octanol–water partition coefficient (Wildman–Crippen LogP) is 3.75. The molecule has 0 saturated carbocycles. The SMILES string of the molecule is Cc1noc(C)c1C1N=CC=C(c2ccc(Cl)cc2)N1[C@@H](C)CO. The van der Waals surface area contributed by atoms with Gasteiger partial charge >= 0.3 is 0 Å². The Bertz CT molecular complexity index is 761. The Labute approximate surface area is 146 Å². The van der Waals surface area contributed by atoms with Crippen LogP contribution in [0, 0.1) is 13.8 Å². The highest BCUT2D eigenvalue weighted by molar-refractivity contribution is 6.30. The van der Waals surface area contributed by atoms with Gasteiger partial charge in [0.05, 0.1) is 23.9 Å². The quantitative estimate of drug-likeness (QED) is 0.916. The van der Waals surface area contributed by atoms with Crippen LogP contribution in [0.15, 0.2) is 39.9 Å². The van der Waals surface area contributed by atoms with Crippen LogP contribution in [0.2, 0.25) is 5.02 Å². The van der Waals surface area contributed by atoms with Crippen molar-refractivity contribution in [2.24, 2.45) is 4.99 Å². The topological polar surface area (TPSA) is 61.9 Å². The van der Waals surface area contributed by atoms with Crippen molar-refractivity contribution < 1.29 is 9.63 Å². The van der Waals surface area contributed by atoms with Gasteiger partial charge < -0.3 is 14.5 Å². The van der Waals surface area contributed by atoms with Crippen molar-refractivity contribution in [3.63, 3.8) is 0 Å². The van der Waals surface area contributed by atoms with E-state index in [1.165, 1.54) is 0 Å². The second kappa shape index (κ2) is 6.79. The lowest BCUT2D eigenvalue weighted by atomic mass is 10.0. The van der Waals surface area contributed by atoms with E-state index in [9.17, 15) is 5.11 Å². The number of benzene rings is 1. The first-order valence-corrected chi connectivity index (χ1v) is 8.22. The minimum atomic E-state index is -0.283. The minimum Gasteiger partial charge on any atom is -0.394 e. The average Bonchev–Trinajstić information content (AvgIpc) is 2.93. The van der Waals surface area contributed by atoms with Crippen LogP contribution in [0.5, 0.6) is 0 Å². The molecule has 1 aromatic carbocycles. The molecule has 3 rings (SSSR count). The van der Waals surface area contributed by atoms with Crippen molar-refractivity contribution in [2.75, 3.05) is 6.61 Å². The molecule has 1 unspecified atom stereocenters. The molecule has 0 amide bonds. The molecule has 0 aliphatic carbocycles. The summed E-state index contributed by atoms with van der Waals surface area (Å²) in [5.74, 6) is 0.738. The van der Waals surface area contributed by atoms with Gasteiger partial charge in [-0.15, -0.1) is 0 Å². The van der Waals surface area contributed by atoms with Gasteiger partial charge in [0.25, 0.3) is 0 Å². The van der Waals surface area contributed by atoms with Crippen LogP contribution in [0.25, 0.3) is 5.70 Å². The number of rotatable bonds is 4. The summed E-state index contributed by atoms with van der Waals surface area (Å²) in [5.41, 5.74) is 3.74. The van der Waals surface area contributed by atoms with Gasteiger partial charge in [0.2, 0.25) is 0 Å². The molecule has 0 saturated heterocycles. The Morgan fingerprint density at radius 1 is 1.29 bits per heavy atom. The summed E-state index contributed by atoms with van der Waals surface area (Å²) in [6.45, 7) is 5.77. The molecule has 24 heavy (non-hydrogen) atoms. The van der Waals surface area contributed by atoms with E-state index < -0.39 is 0 Å². The van der Waals surface area contributed by atoms with Crippen LogP contribution in [0.4, 0.5) is 0 Å². The summed E-state index contributed by atoms with van der Waals surface area (Å²) in [6.07, 6.45) is 3.46. The van der Waals surface area contributed by atoms with E-state index in [1.54, 1.807) is 6.21 Å². The number of allylic oxidation sites excluding steroid dienone is 1. The second-order valence-electron chi connectivity index (χ2n) is 5.91. The molecule has 2 aromatic rings. The van der Waals surface area contributed by atoms with Gasteiger partial charge in [-0.3, -0.25) is 4.99 Å². The summed E-state index contributed by atoms with van der Waals surface area (Å²) < 4.78 is 5.32. The molecule has 1 aromatic heterocycles. The molecule has 5 nitrogen and oxygen atoms in total. The highest BCUT2D eigenvalue weighted by Crippen LogP contribution is 2.37. The molecule has 0 spiro atoms. The van der Waals surface area contributed by atoms with Gasteiger partial charge in [-0.05, 0) is 44.5 Å². The fourth-order valence-electron chi connectivity index (χ4n) is 2.99. The van der Waals surface area contributed by atoms with Crippen molar-refractivity contribution in [1.29, 1.82) is 0 Å². The van der Waals surface area contributed by atoms with E-state index in [0.717, 1.165) is 28.3 Å². The van der Waals surface area contributed by atoms with E-state index in [-0.39, 0.29) is 18.8 Å². The maximum Gasteiger partial charge on any atom is 0.152 e. The Hall–Kier alpha value is -2.11. The van der Waals surface area contributed by atoms with E-state index >= 15 is 0 Å². The first kappa shape index (κ1) is 16.7. The predicted molar refractivity (Wildman–Crippen MR) is 95.0 cm³/mol. The maximum atomic E-state index is 9.77. The molecule has 2 heterocycles. The third kappa shape index (κ3) is 2.97. The van der Waals surface area contributed by atoms with E-state index in [2.05, 4.69) is 15.0 Å². The van der Waals surface area contributed by atoms with Crippen LogP contribution in [-0.4, -0.2) is 34.0 Å². The number of aliphatic hydroxyl groups is 1. The minimum absolute atomic E-state index is 0.0142. The van der Waals surface area contributed by atoms with Gasteiger partial charge in [-0.1, -0.05) is 28.9 Å². The molecule has 126 valence electrons. The largest absolute Gasteiger partial charge is 0.394 e. The van der Waals surface area contributed by atoms with E-state index in [1.807, 2.05) is 51.1 Å². The lowest BCUT2D eigenvalue weighted by Gasteiger charge is -2.39. The number of hydrogen-bond acceptors (Lipinski definition) is 5. The van der Waals surface area contributed by atoms with Gasteiger partial charge in [0.1, 0.15) is 5.76 Å². The molecule has 0 radical (unpaired) electrons. The van der Waals surface area contributed by atoms with Crippen LogP contribution in [0.1, 0.15) is 35.7 Å². The summed E-state index contributed by atoms with van der Waals surface area (Å²) >= 11 is 6.01. The van der Waals surface area contributed by atoms with E-state index in [4.69, 9.17) is 16.1 Å². The van der Waals surface area contributed by atoms with Crippen molar-refractivity contribution in [3.8, 4) is 0 Å². The average molecular weight is 346 g/mol. The Kier molecular flexibility index (Phi) is 4.73. The standard InChI is InChI=1S/C18H20ClN3O2/c1-11(10-23)22-16(14-4-6-15(19)7-5-14)8-9-20-18(22)17-12(2)21-24-13(17)3/h4-9,11,18,23H,10H2,1-3H3/t11-,18?/m0/s1. The lowest BCUT2D eigenvalue weighted by molar-refractivity contribution is 0.151. The Morgan fingerprint density at radius 3 is 2.58 bits per heavy atom. The number of aromatic nitrogens is 1. The zero-order valence-corrected chi connectivity index (χ0v) is 14.7. The number of aryl methyl sites for hydroxylation is 2.